The molecular weight excluding hydrogens is 200 g/mol. The van der Waals surface area contributed by atoms with Gasteiger partial charge in [0, 0.05) is 28.9 Å². The molecule has 6 heteroatoms. The standard InChI is InChI=1S/C8H14N4OS/c1-2-14(13)4-3-10-8-11-5-7(9)6-12-8/h5-6H,2-4,9H2,1H3,(H,10,11,12). The number of hydrogen-bond acceptors (Lipinski definition) is 5. The average Bonchev–Trinajstić information content (AvgIpc) is 2.21. The summed E-state index contributed by atoms with van der Waals surface area (Å²) in [5.74, 6) is 1.82. The van der Waals surface area contributed by atoms with Crippen LogP contribution < -0.4 is 11.1 Å². The highest BCUT2D eigenvalue weighted by Gasteiger charge is 1.97. The van der Waals surface area contributed by atoms with Crippen molar-refractivity contribution in [2.24, 2.45) is 0 Å². The summed E-state index contributed by atoms with van der Waals surface area (Å²) in [6.07, 6.45) is 3.07. The molecule has 78 valence electrons. The van der Waals surface area contributed by atoms with Crippen molar-refractivity contribution in [1.82, 2.24) is 9.97 Å². The molecule has 1 aromatic heterocycles. The van der Waals surface area contributed by atoms with Gasteiger partial charge in [0.25, 0.3) is 0 Å². The number of aromatic nitrogens is 2. The Morgan fingerprint density at radius 2 is 2.14 bits per heavy atom. The third kappa shape index (κ3) is 3.69. The van der Waals surface area contributed by atoms with Crippen LogP contribution in [0.4, 0.5) is 11.6 Å². The van der Waals surface area contributed by atoms with Crippen LogP contribution in [0.3, 0.4) is 0 Å². The Hall–Kier alpha value is -1.17. The van der Waals surface area contributed by atoms with Crippen molar-refractivity contribution in [3.05, 3.63) is 12.4 Å². The predicted molar refractivity (Wildman–Crippen MR) is 58.5 cm³/mol. The van der Waals surface area contributed by atoms with Crippen molar-refractivity contribution in [1.29, 1.82) is 0 Å². The van der Waals surface area contributed by atoms with Gasteiger partial charge in [-0.1, -0.05) is 6.92 Å². The molecule has 0 saturated carbocycles. The monoisotopic (exact) mass is 214 g/mol. The highest BCUT2D eigenvalue weighted by atomic mass is 32.2. The number of rotatable bonds is 5. The van der Waals surface area contributed by atoms with Gasteiger partial charge in [0.15, 0.2) is 0 Å². The van der Waals surface area contributed by atoms with Crippen molar-refractivity contribution in [2.75, 3.05) is 29.1 Å². The van der Waals surface area contributed by atoms with Crippen molar-refractivity contribution in [3.63, 3.8) is 0 Å². The fourth-order valence-corrected chi connectivity index (χ4v) is 1.47. The molecule has 0 amide bonds. The largest absolute Gasteiger partial charge is 0.396 e. The molecule has 0 saturated heterocycles. The van der Waals surface area contributed by atoms with E-state index in [4.69, 9.17) is 5.73 Å². The third-order valence-electron chi connectivity index (χ3n) is 1.61. The molecule has 0 spiro atoms. The van der Waals surface area contributed by atoms with E-state index in [1.807, 2.05) is 6.92 Å². The van der Waals surface area contributed by atoms with Gasteiger partial charge in [-0.2, -0.15) is 0 Å². The van der Waals surface area contributed by atoms with Crippen molar-refractivity contribution in [2.45, 2.75) is 6.92 Å². The lowest BCUT2D eigenvalue weighted by molar-refractivity contribution is 0.684. The summed E-state index contributed by atoms with van der Waals surface area (Å²) in [5, 5.41) is 2.97. The molecule has 1 atom stereocenters. The molecule has 5 nitrogen and oxygen atoms in total. The summed E-state index contributed by atoms with van der Waals surface area (Å²) >= 11 is 0. The van der Waals surface area contributed by atoms with Gasteiger partial charge in [0.05, 0.1) is 18.1 Å². The second-order valence-electron chi connectivity index (χ2n) is 2.70. The first-order valence-electron chi connectivity index (χ1n) is 4.38. The average molecular weight is 214 g/mol. The first-order chi connectivity index (χ1) is 6.72. The Kier molecular flexibility index (Phi) is 4.31. The highest BCUT2D eigenvalue weighted by molar-refractivity contribution is 7.84. The maximum Gasteiger partial charge on any atom is 0.222 e. The van der Waals surface area contributed by atoms with E-state index in [1.165, 1.54) is 12.4 Å². The van der Waals surface area contributed by atoms with E-state index in [9.17, 15) is 4.21 Å². The van der Waals surface area contributed by atoms with Gasteiger partial charge in [-0.15, -0.1) is 0 Å². The van der Waals surface area contributed by atoms with Gasteiger partial charge in [-0.25, -0.2) is 9.97 Å². The maximum absolute atomic E-state index is 11.1. The minimum absolute atomic E-state index is 0.521. The van der Waals surface area contributed by atoms with Crippen molar-refractivity contribution >= 4 is 22.4 Å². The molecular formula is C8H14N4OS. The molecule has 0 fully saturated rings. The second kappa shape index (κ2) is 5.54. The summed E-state index contributed by atoms with van der Waals surface area (Å²) < 4.78 is 11.1. The van der Waals surface area contributed by atoms with Crippen LogP contribution in [0, 0.1) is 0 Å². The molecule has 1 aromatic rings. The van der Waals surface area contributed by atoms with Gasteiger partial charge in [-0.05, 0) is 0 Å². The molecule has 1 rings (SSSR count). The Labute approximate surface area is 85.6 Å². The predicted octanol–water partition coefficient (Wildman–Crippen LogP) is 0.239. The molecule has 0 bridgehead atoms. The lowest BCUT2D eigenvalue weighted by Crippen LogP contribution is -2.13. The SMILES string of the molecule is CCS(=O)CCNc1ncc(N)cn1. The Morgan fingerprint density at radius 3 is 2.71 bits per heavy atom. The minimum Gasteiger partial charge on any atom is -0.396 e. The first-order valence-corrected chi connectivity index (χ1v) is 5.87. The van der Waals surface area contributed by atoms with Crippen LogP contribution in [0.2, 0.25) is 0 Å². The molecule has 0 aliphatic heterocycles. The van der Waals surface area contributed by atoms with E-state index in [2.05, 4.69) is 15.3 Å². The highest BCUT2D eigenvalue weighted by Crippen LogP contribution is 1.99. The van der Waals surface area contributed by atoms with Gasteiger partial charge in [0.1, 0.15) is 0 Å². The van der Waals surface area contributed by atoms with Gasteiger partial charge < -0.3 is 11.1 Å². The number of hydrogen-bond donors (Lipinski definition) is 2. The number of nitrogens with one attached hydrogen (secondary N) is 1. The van der Waals surface area contributed by atoms with E-state index in [0.717, 1.165) is 0 Å². The van der Waals surface area contributed by atoms with Gasteiger partial charge >= 0.3 is 0 Å². The van der Waals surface area contributed by atoms with Crippen LogP contribution in [0.15, 0.2) is 12.4 Å². The number of anilines is 2. The topological polar surface area (TPSA) is 80.9 Å². The summed E-state index contributed by atoms with van der Waals surface area (Å²) in [5.41, 5.74) is 5.96. The van der Waals surface area contributed by atoms with Crippen LogP contribution in [-0.2, 0) is 10.8 Å². The number of nitrogens with zero attached hydrogens (tertiary/aromatic N) is 2. The summed E-state index contributed by atoms with van der Waals surface area (Å²) in [4.78, 5) is 7.91. The zero-order valence-corrected chi connectivity index (χ0v) is 8.88. The summed E-state index contributed by atoms with van der Waals surface area (Å²) in [6, 6.07) is 0. The van der Waals surface area contributed by atoms with Crippen LogP contribution >= 0.6 is 0 Å². The maximum atomic E-state index is 11.1. The lowest BCUT2D eigenvalue weighted by atomic mass is 10.6. The summed E-state index contributed by atoms with van der Waals surface area (Å²) in [6.45, 7) is 2.51. The quantitative estimate of drug-likeness (QED) is 0.733. The van der Waals surface area contributed by atoms with E-state index < -0.39 is 10.8 Å². The van der Waals surface area contributed by atoms with E-state index >= 15 is 0 Å². The Morgan fingerprint density at radius 1 is 1.50 bits per heavy atom. The van der Waals surface area contributed by atoms with E-state index in [-0.39, 0.29) is 0 Å². The normalized spacial score (nSPS) is 12.4. The minimum atomic E-state index is -0.748. The summed E-state index contributed by atoms with van der Waals surface area (Å²) in [7, 11) is -0.748. The Balaban J connectivity index is 2.31. The zero-order chi connectivity index (χ0) is 10.4. The fourth-order valence-electron chi connectivity index (χ4n) is 0.850. The Bertz CT molecular complexity index is 301. The zero-order valence-electron chi connectivity index (χ0n) is 8.06. The van der Waals surface area contributed by atoms with E-state index in [0.29, 0.717) is 29.7 Å². The number of nitrogens with two attached hydrogens (primary N) is 1. The van der Waals surface area contributed by atoms with Gasteiger partial charge in [-0.3, -0.25) is 4.21 Å². The molecule has 1 heterocycles. The number of nitrogen functional groups attached to an aromatic ring is 1. The van der Waals surface area contributed by atoms with Crippen molar-refractivity contribution in [3.8, 4) is 0 Å². The lowest BCUT2D eigenvalue weighted by Gasteiger charge is -2.03. The second-order valence-corrected chi connectivity index (χ2v) is 4.56. The molecule has 0 radical (unpaired) electrons. The fraction of sp³-hybridized carbons (Fsp3) is 0.500. The first kappa shape index (κ1) is 10.9. The molecule has 1 unspecified atom stereocenters. The molecule has 14 heavy (non-hydrogen) atoms. The molecule has 3 N–H and O–H groups in total. The van der Waals surface area contributed by atoms with Crippen LogP contribution in [-0.4, -0.2) is 32.2 Å². The van der Waals surface area contributed by atoms with Crippen LogP contribution in [0.25, 0.3) is 0 Å². The van der Waals surface area contributed by atoms with Crippen LogP contribution in [0.5, 0.6) is 0 Å². The van der Waals surface area contributed by atoms with Gasteiger partial charge in [0.2, 0.25) is 5.95 Å². The third-order valence-corrected chi connectivity index (χ3v) is 2.91. The van der Waals surface area contributed by atoms with Crippen molar-refractivity contribution < 1.29 is 4.21 Å². The van der Waals surface area contributed by atoms with E-state index in [1.54, 1.807) is 0 Å². The molecule has 0 aromatic carbocycles. The smallest absolute Gasteiger partial charge is 0.222 e. The molecule has 0 aliphatic rings. The van der Waals surface area contributed by atoms with Crippen LogP contribution in [0.1, 0.15) is 6.92 Å². The molecule has 0 aliphatic carbocycles.